The Morgan fingerprint density at radius 3 is 2.89 bits per heavy atom. The second-order valence-corrected chi connectivity index (χ2v) is 5.13. The fraction of sp³-hybridized carbons (Fsp3) is 0.571. The van der Waals surface area contributed by atoms with Crippen molar-refractivity contribution >= 4 is 18.5 Å². The molecule has 2 N–H and O–H groups in total. The van der Waals surface area contributed by atoms with Gasteiger partial charge in [-0.3, -0.25) is 4.98 Å². The van der Waals surface area contributed by atoms with Crippen molar-refractivity contribution in [3.63, 3.8) is 0 Å². The molecule has 19 heavy (non-hydrogen) atoms. The van der Waals surface area contributed by atoms with Gasteiger partial charge in [-0.15, -0.1) is 12.4 Å². The lowest BCUT2D eigenvalue weighted by Crippen LogP contribution is -2.37. The van der Waals surface area contributed by atoms with Gasteiger partial charge in [-0.1, -0.05) is 6.42 Å². The molecule has 0 aliphatic heterocycles. The van der Waals surface area contributed by atoms with Crippen LogP contribution in [-0.2, 0) is 6.42 Å². The van der Waals surface area contributed by atoms with Crippen LogP contribution < -0.4 is 5.32 Å². The topological polar surface area (TPSA) is 62.2 Å². The number of amides is 1. The predicted octanol–water partition coefficient (Wildman–Crippen LogP) is 3.10. The Morgan fingerprint density at radius 1 is 1.47 bits per heavy atom. The fourth-order valence-electron chi connectivity index (χ4n) is 2.83. The Labute approximate surface area is 120 Å². The number of nitrogens with zero attached hydrogens (tertiary/aromatic N) is 1. The molecule has 2 atom stereocenters. The lowest BCUT2D eigenvalue weighted by molar-refractivity contribution is 0.186. The van der Waals surface area contributed by atoms with Gasteiger partial charge < -0.3 is 10.4 Å². The third-order valence-corrected chi connectivity index (χ3v) is 4.02. The van der Waals surface area contributed by atoms with Crippen LogP contribution in [0, 0.1) is 19.8 Å². The first-order valence-electron chi connectivity index (χ1n) is 6.48. The van der Waals surface area contributed by atoms with Crippen molar-refractivity contribution in [2.24, 2.45) is 5.92 Å². The van der Waals surface area contributed by atoms with Crippen molar-refractivity contribution in [1.82, 2.24) is 10.3 Å². The zero-order valence-electron chi connectivity index (χ0n) is 11.3. The zero-order valence-corrected chi connectivity index (χ0v) is 12.2. The van der Waals surface area contributed by atoms with E-state index in [2.05, 4.69) is 23.3 Å². The summed E-state index contributed by atoms with van der Waals surface area (Å²) in [6.07, 6.45) is 5.05. The number of carbonyl (C=O) groups is 1. The highest BCUT2D eigenvalue weighted by Gasteiger charge is 2.28. The maximum Gasteiger partial charge on any atom is 0.404 e. The first-order valence-corrected chi connectivity index (χ1v) is 6.48. The predicted molar refractivity (Wildman–Crippen MR) is 77.0 cm³/mol. The van der Waals surface area contributed by atoms with E-state index in [0.717, 1.165) is 31.4 Å². The minimum atomic E-state index is -0.908. The molecule has 1 saturated carbocycles. The van der Waals surface area contributed by atoms with Crippen LogP contribution >= 0.6 is 12.4 Å². The highest BCUT2D eigenvalue weighted by molar-refractivity contribution is 5.85. The maximum absolute atomic E-state index is 10.8. The Morgan fingerprint density at radius 2 is 2.21 bits per heavy atom. The highest BCUT2D eigenvalue weighted by atomic mass is 35.5. The highest BCUT2D eigenvalue weighted by Crippen LogP contribution is 2.29. The number of aryl methyl sites for hydroxylation is 1. The fourth-order valence-corrected chi connectivity index (χ4v) is 2.83. The average Bonchev–Trinajstić information content (AvgIpc) is 2.72. The van der Waals surface area contributed by atoms with Gasteiger partial charge in [0, 0.05) is 17.9 Å². The molecular formula is C14H21ClN2O2. The third-order valence-electron chi connectivity index (χ3n) is 4.02. The minimum absolute atomic E-state index is 0. The van der Waals surface area contributed by atoms with Crippen LogP contribution in [-0.4, -0.2) is 22.2 Å². The van der Waals surface area contributed by atoms with E-state index in [1.165, 1.54) is 11.1 Å². The molecule has 0 bridgehead atoms. The van der Waals surface area contributed by atoms with Crippen molar-refractivity contribution in [2.75, 3.05) is 0 Å². The van der Waals surface area contributed by atoms with E-state index in [1.807, 2.05) is 13.1 Å². The zero-order chi connectivity index (χ0) is 13.1. The van der Waals surface area contributed by atoms with Gasteiger partial charge >= 0.3 is 6.09 Å². The van der Waals surface area contributed by atoms with Gasteiger partial charge in [0.2, 0.25) is 0 Å². The summed E-state index contributed by atoms with van der Waals surface area (Å²) in [5, 5.41) is 11.5. The molecule has 0 radical (unpaired) electrons. The van der Waals surface area contributed by atoms with Gasteiger partial charge in [0.05, 0.1) is 0 Å². The molecule has 1 aliphatic carbocycles. The van der Waals surface area contributed by atoms with Crippen LogP contribution in [0.15, 0.2) is 12.3 Å². The van der Waals surface area contributed by atoms with E-state index < -0.39 is 6.09 Å². The number of halogens is 1. The minimum Gasteiger partial charge on any atom is -0.465 e. The number of carboxylic acid groups (broad SMARTS) is 1. The van der Waals surface area contributed by atoms with Gasteiger partial charge in [0.15, 0.2) is 0 Å². The molecular weight excluding hydrogens is 264 g/mol. The quantitative estimate of drug-likeness (QED) is 0.896. The van der Waals surface area contributed by atoms with Gasteiger partial charge in [-0.2, -0.15) is 0 Å². The SMILES string of the molecule is Cc1nccc(CC2CCCC2NC(=O)O)c1C.Cl. The molecule has 0 saturated heterocycles. The van der Waals surface area contributed by atoms with E-state index >= 15 is 0 Å². The van der Waals surface area contributed by atoms with Gasteiger partial charge in [-0.05, 0) is 56.2 Å². The molecule has 1 aliphatic rings. The second-order valence-electron chi connectivity index (χ2n) is 5.13. The molecule has 1 aromatic rings. The number of rotatable bonds is 3. The lowest BCUT2D eigenvalue weighted by atomic mass is 9.92. The largest absolute Gasteiger partial charge is 0.465 e. The van der Waals surface area contributed by atoms with Crippen molar-refractivity contribution in [2.45, 2.75) is 45.6 Å². The van der Waals surface area contributed by atoms with Gasteiger partial charge in [0.25, 0.3) is 0 Å². The van der Waals surface area contributed by atoms with E-state index in [9.17, 15) is 4.79 Å². The summed E-state index contributed by atoms with van der Waals surface area (Å²) < 4.78 is 0. The molecule has 1 aromatic heterocycles. The van der Waals surface area contributed by atoms with Crippen molar-refractivity contribution < 1.29 is 9.90 Å². The van der Waals surface area contributed by atoms with Gasteiger partial charge in [-0.25, -0.2) is 4.79 Å². The molecule has 1 heterocycles. The molecule has 2 rings (SSSR count). The summed E-state index contributed by atoms with van der Waals surface area (Å²) in [5.41, 5.74) is 3.60. The van der Waals surface area contributed by atoms with Crippen LogP contribution in [0.25, 0.3) is 0 Å². The van der Waals surface area contributed by atoms with Crippen LogP contribution in [0.5, 0.6) is 0 Å². The smallest absolute Gasteiger partial charge is 0.404 e. The third kappa shape index (κ3) is 3.83. The Hall–Kier alpha value is -1.29. The maximum atomic E-state index is 10.8. The monoisotopic (exact) mass is 284 g/mol. The normalized spacial score (nSPS) is 21.8. The standard InChI is InChI=1S/C14H20N2O2.ClH/c1-9-10(2)15-7-6-11(9)8-12-4-3-5-13(12)16-14(17)18;/h6-7,12-13,16H,3-5,8H2,1-2H3,(H,17,18);1H. The molecule has 1 amide bonds. The Balaban J connectivity index is 0.00000180. The summed E-state index contributed by atoms with van der Waals surface area (Å²) >= 11 is 0. The average molecular weight is 285 g/mol. The van der Waals surface area contributed by atoms with Crippen LogP contribution in [0.1, 0.15) is 36.1 Å². The number of pyridine rings is 1. The van der Waals surface area contributed by atoms with Crippen molar-refractivity contribution in [3.8, 4) is 0 Å². The molecule has 0 aromatic carbocycles. The molecule has 5 heteroatoms. The number of hydrogen-bond acceptors (Lipinski definition) is 2. The Kier molecular flexibility index (Phi) is 5.60. The van der Waals surface area contributed by atoms with E-state index in [-0.39, 0.29) is 18.4 Å². The molecule has 1 fully saturated rings. The number of hydrogen-bond donors (Lipinski definition) is 2. The van der Waals surface area contributed by atoms with E-state index in [1.54, 1.807) is 0 Å². The molecule has 0 spiro atoms. The van der Waals surface area contributed by atoms with E-state index in [4.69, 9.17) is 5.11 Å². The molecule has 2 unspecified atom stereocenters. The van der Waals surface area contributed by atoms with Crippen LogP contribution in [0.4, 0.5) is 4.79 Å². The summed E-state index contributed by atoms with van der Waals surface area (Å²) in [6, 6.07) is 2.16. The number of aromatic nitrogens is 1. The van der Waals surface area contributed by atoms with Crippen LogP contribution in [0.2, 0.25) is 0 Å². The number of nitrogens with one attached hydrogen (secondary N) is 1. The van der Waals surface area contributed by atoms with E-state index in [0.29, 0.717) is 5.92 Å². The summed E-state index contributed by atoms with van der Waals surface area (Å²) in [5.74, 6) is 0.418. The first-order chi connectivity index (χ1) is 8.58. The second kappa shape index (κ2) is 6.75. The molecule has 4 nitrogen and oxygen atoms in total. The summed E-state index contributed by atoms with van der Waals surface area (Å²) in [7, 11) is 0. The molecule has 106 valence electrons. The lowest BCUT2D eigenvalue weighted by Gasteiger charge is -2.20. The Bertz CT molecular complexity index is 451. The summed E-state index contributed by atoms with van der Waals surface area (Å²) in [6.45, 7) is 4.10. The first kappa shape index (κ1) is 15.8. The van der Waals surface area contributed by atoms with Crippen LogP contribution in [0.3, 0.4) is 0 Å². The summed E-state index contributed by atoms with van der Waals surface area (Å²) in [4.78, 5) is 15.0. The van der Waals surface area contributed by atoms with Crippen molar-refractivity contribution in [3.05, 3.63) is 29.1 Å². The van der Waals surface area contributed by atoms with Gasteiger partial charge in [0.1, 0.15) is 0 Å². The van der Waals surface area contributed by atoms with Crippen molar-refractivity contribution in [1.29, 1.82) is 0 Å².